The van der Waals surface area contributed by atoms with Crippen LogP contribution in [0.5, 0.6) is 0 Å². The Hall–Kier alpha value is -1.89. The van der Waals surface area contributed by atoms with E-state index in [1.807, 2.05) is 0 Å². The molecule has 0 unspecified atom stereocenters. The molecule has 2 rings (SSSR count). The molecular formula is C14H11Cl2N3O2S. The number of benzene rings is 2. The van der Waals surface area contributed by atoms with Crippen LogP contribution in [0.25, 0.3) is 0 Å². The van der Waals surface area contributed by atoms with Crippen LogP contribution in [0.2, 0.25) is 10.0 Å². The zero-order valence-electron chi connectivity index (χ0n) is 11.1. The summed E-state index contributed by atoms with van der Waals surface area (Å²) in [6.45, 7) is 0. The summed E-state index contributed by atoms with van der Waals surface area (Å²) in [5, 5.41) is 3.41. The van der Waals surface area contributed by atoms with Crippen molar-refractivity contribution in [2.75, 3.05) is 9.62 Å². The van der Waals surface area contributed by atoms with E-state index in [1.54, 1.807) is 30.3 Å². The van der Waals surface area contributed by atoms with Crippen LogP contribution in [0.1, 0.15) is 10.4 Å². The van der Waals surface area contributed by atoms with Gasteiger partial charge >= 0.3 is 6.03 Å². The van der Waals surface area contributed by atoms with Crippen LogP contribution in [0.4, 0.5) is 16.2 Å². The van der Waals surface area contributed by atoms with Gasteiger partial charge in [0, 0.05) is 21.3 Å². The van der Waals surface area contributed by atoms with Crippen molar-refractivity contribution in [2.24, 2.45) is 5.73 Å². The number of carbonyl (C=O) groups is 2. The fourth-order valence-corrected chi connectivity index (χ4v) is 2.40. The number of nitrogens with zero attached hydrogens (tertiary/aromatic N) is 1. The van der Waals surface area contributed by atoms with E-state index in [1.165, 1.54) is 12.1 Å². The molecule has 5 nitrogen and oxygen atoms in total. The van der Waals surface area contributed by atoms with Crippen molar-refractivity contribution in [1.82, 2.24) is 0 Å². The normalized spacial score (nSPS) is 10.1. The van der Waals surface area contributed by atoms with Gasteiger partial charge in [-0.1, -0.05) is 36.0 Å². The molecule has 0 atom stereocenters. The maximum absolute atomic E-state index is 12.1. The molecule has 3 amide bonds. The highest BCUT2D eigenvalue weighted by Crippen LogP contribution is 2.24. The van der Waals surface area contributed by atoms with E-state index in [-0.39, 0.29) is 0 Å². The van der Waals surface area contributed by atoms with E-state index in [0.29, 0.717) is 27.0 Å². The van der Waals surface area contributed by atoms with Gasteiger partial charge in [-0.2, -0.15) is 0 Å². The third-order valence-electron chi connectivity index (χ3n) is 2.70. The molecule has 0 saturated heterocycles. The first-order valence-corrected chi connectivity index (χ1v) is 7.18. The van der Waals surface area contributed by atoms with Gasteiger partial charge in [-0.15, -0.1) is 0 Å². The van der Waals surface area contributed by atoms with E-state index < -0.39 is 11.9 Å². The molecule has 0 aliphatic heterocycles. The predicted molar refractivity (Wildman–Crippen MR) is 91.9 cm³/mol. The van der Waals surface area contributed by atoms with Gasteiger partial charge < -0.3 is 11.1 Å². The van der Waals surface area contributed by atoms with Gasteiger partial charge in [-0.05, 0) is 42.5 Å². The Morgan fingerprint density at radius 3 is 2.09 bits per heavy atom. The van der Waals surface area contributed by atoms with Crippen LogP contribution in [0, 0.1) is 0 Å². The number of anilines is 2. The fourth-order valence-electron chi connectivity index (χ4n) is 1.69. The van der Waals surface area contributed by atoms with Crippen molar-refractivity contribution in [3.8, 4) is 0 Å². The lowest BCUT2D eigenvalue weighted by molar-refractivity contribution is 0.100. The van der Waals surface area contributed by atoms with Gasteiger partial charge in [0.2, 0.25) is 5.91 Å². The summed E-state index contributed by atoms with van der Waals surface area (Å²) >= 11 is 15.9. The van der Waals surface area contributed by atoms with E-state index >= 15 is 0 Å². The standard InChI is InChI=1S/C14H11Cl2N3O2S/c15-9-5-10(16)7-11(6-9)18-14(21)19(22)12-3-1-8(2-4-12)13(17)20/h1-7,22H,(H2,17,20)(H,18,21). The second kappa shape index (κ2) is 6.91. The van der Waals surface area contributed by atoms with Crippen LogP contribution in [-0.4, -0.2) is 11.9 Å². The lowest BCUT2D eigenvalue weighted by Crippen LogP contribution is -2.26. The van der Waals surface area contributed by atoms with Crippen molar-refractivity contribution in [2.45, 2.75) is 0 Å². The number of carbonyl (C=O) groups excluding carboxylic acids is 2. The second-order valence-corrected chi connectivity index (χ2v) is 5.58. The zero-order chi connectivity index (χ0) is 16.3. The number of primary amides is 1. The molecule has 3 N–H and O–H groups in total. The number of nitrogens with one attached hydrogen (secondary N) is 1. The first-order chi connectivity index (χ1) is 10.4. The highest BCUT2D eigenvalue weighted by Gasteiger charge is 2.13. The third kappa shape index (κ3) is 4.07. The number of urea groups is 1. The largest absolute Gasteiger partial charge is 0.366 e. The van der Waals surface area contributed by atoms with Crippen molar-refractivity contribution >= 4 is 59.3 Å². The Bertz CT molecular complexity index is 702. The van der Waals surface area contributed by atoms with E-state index in [9.17, 15) is 9.59 Å². The minimum atomic E-state index is -0.546. The van der Waals surface area contributed by atoms with E-state index in [4.69, 9.17) is 28.9 Å². The predicted octanol–water partition coefficient (Wildman–Crippen LogP) is 3.98. The monoisotopic (exact) mass is 355 g/mol. The number of hydrogen-bond donors (Lipinski definition) is 3. The first kappa shape index (κ1) is 16.5. The number of amides is 3. The average Bonchev–Trinajstić information content (AvgIpc) is 2.45. The molecule has 114 valence electrons. The lowest BCUT2D eigenvalue weighted by atomic mass is 10.2. The van der Waals surface area contributed by atoms with Crippen LogP contribution in [0.3, 0.4) is 0 Å². The topological polar surface area (TPSA) is 75.4 Å². The zero-order valence-corrected chi connectivity index (χ0v) is 13.5. The van der Waals surface area contributed by atoms with Crippen LogP contribution in [-0.2, 0) is 0 Å². The summed E-state index contributed by atoms with van der Waals surface area (Å²) < 4.78 is 1.08. The molecule has 0 saturated carbocycles. The Kier molecular flexibility index (Phi) is 5.18. The van der Waals surface area contributed by atoms with Crippen molar-refractivity contribution < 1.29 is 9.59 Å². The van der Waals surface area contributed by atoms with Gasteiger partial charge in [0.15, 0.2) is 0 Å². The van der Waals surface area contributed by atoms with E-state index in [0.717, 1.165) is 4.31 Å². The van der Waals surface area contributed by atoms with Crippen molar-refractivity contribution in [3.63, 3.8) is 0 Å². The van der Waals surface area contributed by atoms with Gasteiger partial charge in [-0.3, -0.25) is 4.79 Å². The summed E-state index contributed by atoms with van der Waals surface area (Å²) in [5.41, 5.74) is 6.41. The van der Waals surface area contributed by atoms with Gasteiger partial charge in [0.25, 0.3) is 0 Å². The Balaban J connectivity index is 2.13. The molecule has 0 aliphatic carbocycles. The van der Waals surface area contributed by atoms with E-state index in [2.05, 4.69) is 18.1 Å². The number of thiol groups is 1. The highest BCUT2D eigenvalue weighted by atomic mass is 35.5. The summed E-state index contributed by atoms with van der Waals surface area (Å²) in [6.07, 6.45) is 0. The molecule has 22 heavy (non-hydrogen) atoms. The Morgan fingerprint density at radius 1 is 1.05 bits per heavy atom. The molecule has 0 fully saturated rings. The molecule has 2 aromatic rings. The first-order valence-electron chi connectivity index (χ1n) is 6.03. The Morgan fingerprint density at radius 2 is 1.59 bits per heavy atom. The summed E-state index contributed by atoms with van der Waals surface area (Å²) in [5.74, 6) is -0.546. The summed E-state index contributed by atoms with van der Waals surface area (Å²) in [6, 6.07) is 10.3. The molecule has 0 radical (unpaired) electrons. The minimum Gasteiger partial charge on any atom is -0.366 e. The average molecular weight is 356 g/mol. The Labute approximate surface area is 142 Å². The maximum atomic E-state index is 12.1. The lowest BCUT2D eigenvalue weighted by Gasteiger charge is -2.17. The molecule has 0 heterocycles. The molecule has 0 spiro atoms. The third-order valence-corrected chi connectivity index (χ3v) is 3.55. The SMILES string of the molecule is NC(=O)c1ccc(N(S)C(=O)Nc2cc(Cl)cc(Cl)c2)cc1. The molecule has 0 bridgehead atoms. The fraction of sp³-hybridized carbons (Fsp3) is 0. The van der Waals surface area contributed by atoms with Crippen LogP contribution < -0.4 is 15.4 Å². The van der Waals surface area contributed by atoms with Crippen LogP contribution in [0.15, 0.2) is 42.5 Å². The number of hydrogen-bond acceptors (Lipinski definition) is 3. The number of rotatable bonds is 3. The molecule has 0 aliphatic rings. The van der Waals surface area contributed by atoms with Gasteiger partial charge in [0.1, 0.15) is 0 Å². The molecular weight excluding hydrogens is 345 g/mol. The van der Waals surface area contributed by atoms with Crippen LogP contribution >= 0.6 is 36.0 Å². The summed E-state index contributed by atoms with van der Waals surface area (Å²) in [4.78, 5) is 23.1. The quantitative estimate of drug-likeness (QED) is 0.728. The molecule has 2 aromatic carbocycles. The number of halogens is 2. The maximum Gasteiger partial charge on any atom is 0.336 e. The number of nitrogens with two attached hydrogens (primary N) is 1. The second-order valence-electron chi connectivity index (χ2n) is 4.31. The van der Waals surface area contributed by atoms with Crippen molar-refractivity contribution in [1.29, 1.82) is 0 Å². The van der Waals surface area contributed by atoms with Gasteiger partial charge in [-0.25, -0.2) is 9.10 Å². The molecule has 8 heteroatoms. The molecule has 0 aromatic heterocycles. The highest BCUT2D eigenvalue weighted by molar-refractivity contribution is 7.82. The minimum absolute atomic E-state index is 0.340. The van der Waals surface area contributed by atoms with Crippen molar-refractivity contribution in [3.05, 3.63) is 58.1 Å². The smallest absolute Gasteiger partial charge is 0.336 e. The van der Waals surface area contributed by atoms with Gasteiger partial charge in [0.05, 0.1) is 5.69 Å². The summed E-state index contributed by atoms with van der Waals surface area (Å²) in [7, 11) is 0.